The topological polar surface area (TPSA) is 38.3 Å². The maximum Gasteiger partial charge on any atom is 0.225 e. The van der Waals surface area contributed by atoms with E-state index in [0.717, 1.165) is 6.54 Å². The molecular formula is C13H25NO2. The highest BCUT2D eigenvalue weighted by Crippen LogP contribution is 2.51. The molecule has 1 aliphatic rings. The van der Waals surface area contributed by atoms with Crippen LogP contribution in [-0.2, 0) is 9.53 Å². The van der Waals surface area contributed by atoms with Crippen molar-refractivity contribution in [2.24, 2.45) is 17.3 Å². The summed E-state index contributed by atoms with van der Waals surface area (Å²) < 4.78 is 5.17. The molecular weight excluding hydrogens is 202 g/mol. The van der Waals surface area contributed by atoms with E-state index in [2.05, 4.69) is 19.2 Å². The van der Waals surface area contributed by atoms with Crippen LogP contribution in [0.25, 0.3) is 0 Å². The summed E-state index contributed by atoms with van der Waals surface area (Å²) in [4.78, 5) is 11.8. The van der Waals surface area contributed by atoms with Crippen LogP contribution in [0.15, 0.2) is 0 Å². The van der Waals surface area contributed by atoms with Crippen LogP contribution in [0.1, 0.15) is 40.5 Å². The molecule has 0 bridgehead atoms. The Morgan fingerprint density at radius 1 is 1.31 bits per heavy atom. The normalized spacial score (nSPS) is 21.6. The van der Waals surface area contributed by atoms with E-state index < -0.39 is 0 Å². The molecule has 3 heteroatoms. The number of methoxy groups -OCH3 is 1. The van der Waals surface area contributed by atoms with E-state index >= 15 is 0 Å². The third-order valence-corrected chi connectivity index (χ3v) is 4.22. The highest BCUT2D eigenvalue weighted by atomic mass is 16.5. The number of amides is 1. The van der Waals surface area contributed by atoms with Gasteiger partial charge in [-0.3, -0.25) is 4.79 Å². The third-order valence-electron chi connectivity index (χ3n) is 4.22. The Kier molecular flexibility index (Phi) is 4.36. The van der Waals surface area contributed by atoms with Gasteiger partial charge < -0.3 is 10.1 Å². The summed E-state index contributed by atoms with van der Waals surface area (Å²) >= 11 is 0. The van der Waals surface area contributed by atoms with Crippen molar-refractivity contribution >= 4 is 5.91 Å². The van der Waals surface area contributed by atoms with Crippen molar-refractivity contribution < 1.29 is 9.53 Å². The smallest absolute Gasteiger partial charge is 0.225 e. The first-order chi connectivity index (χ1) is 7.43. The molecule has 0 aliphatic heterocycles. The number of carbonyl (C=O) groups is 1. The van der Waals surface area contributed by atoms with E-state index in [4.69, 9.17) is 4.74 Å². The van der Waals surface area contributed by atoms with Crippen molar-refractivity contribution in [3.05, 3.63) is 0 Å². The fourth-order valence-corrected chi connectivity index (χ4v) is 1.96. The number of hydrogen-bond acceptors (Lipinski definition) is 2. The lowest BCUT2D eigenvalue weighted by molar-refractivity contribution is -0.128. The molecule has 0 heterocycles. The summed E-state index contributed by atoms with van der Waals surface area (Å²) in [7, 11) is 1.64. The summed E-state index contributed by atoms with van der Waals surface area (Å²) in [6.07, 6.45) is 2.48. The third kappa shape index (κ3) is 2.97. The zero-order chi connectivity index (χ0) is 12.3. The van der Waals surface area contributed by atoms with Gasteiger partial charge in [0, 0.05) is 13.7 Å². The quantitative estimate of drug-likeness (QED) is 0.755. The lowest BCUT2D eigenvalue weighted by Crippen LogP contribution is -2.39. The van der Waals surface area contributed by atoms with Crippen LogP contribution in [0, 0.1) is 17.3 Å². The standard InChI is InChI=1S/C13H25NO2/c1-9(2)13(6-7-13)8-14-12(15)10(3)11(4)16-5/h9-11H,6-8H2,1-5H3,(H,14,15)/t10-,11+/m0/s1. The van der Waals surface area contributed by atoms with Crippen molar-refractivity contribution in [3.63, 3.8) is 0 Å². The van der Waals surface area contributed by atoms with E-state index in [9.17, 15) is 4.79 Å². The fourth-order valence-electron chi connectivity index (χ4n) is 1.96. The molecule has 94 valence electrons. The van der Waals surface area contributed by atoms with Gasteiger partial charge in [0.25, 0.3) is 0 Å². The lowest BCUT2D eigenvalue weighted by Gasteiger charge is -2.23. The number of carbonyl (C=O) groups excluding carboxylic acids is 1. The molecule has 1 N–H and O–H groups in total. The van der Waals surface area contributed by atoms with Gasteiger partial charge in [-0.05, 0) is 31.1 Å². The highest BCUT2D eigenvalue weighted by Gasteiger charge is 2.45. The van der Waals surface area contributed by atoms with Gasteiger partial charge in [0.05, 0.1) is 12.0 Å². The van der Waals surface area contributed by atoms with E-state index in [1.807, 2.05) is 13.8 Å². The van der Waals surface area contributed by atoms with Crippen LogP contribution in [0.3, 0.4) is 0 Å². The van der Waals surface area contributed by atoms with Crippen molar-refractivity contribution in [2.75, 3.05) is 13.7 Å². The Balaban J connectivity index is 2.36. The Bertz CT molecular complexity index is 246. The molecule has 0 saturated heterocycles. The zero-order valence-corrected chi connectivity index (χ0v) is 11.2. The van der Waals surface area contributed by atoms with E-state index in [0.29, 0.717) is 11.3 Å². The molecule has 0 aromatic rings. The highest BCUT2D eigenvalue weighted by molar-refractivity contribution is 5.78. The van der Waals surface area contributed by atoms with Gasteiger partial charge in [0.1, 0.15) is 0 Å². The fraction of sp³-hybridized carbons (Fsp3) is 0.923. The maximum absolute atomic E-state index is 11.8. The molecule has 3 nitrogen and oxygen atoms in total. The summed E-state index contributed by atoms with van der Waals surface area (Å²) in [6, 6.07) is 0. The molecule has 0 unspecified atom stereocenters. The average molecular weight is 227 g/mol. The second-order valence-corrected chi connectivity index (χ2v) is 5.46. The van der Waals surface area contributed by atoms with E-state index in [1.54, 1.807) is 7.11 Å². The summed E-state index contributed by atoms with van der Waals surface area (Å²) in [5.74, 6) is 0.692. The predicted octanol–water partition coefficient (Wildman–Crippen LogP) is 2.21. The average Bonchev–Trinajstić information content (AvgIpc) is 3.04. The molecule has 2 atom stereocenters. The Morgan fingerprint density at radius 3 is 2.25 bits per heavy atom. The van der Waals surface area contributed by atoms with Crippen LogP contribution in [0.5, 0.6) is 0 Å². The largest absolute Gasteiger partial charge is 0.381 e. The summed E-state index contributed by atoms with van der Waals surface area (Å²) in [6.45, 7) is 9.14. The first-order valence-corrected chi connectivity index (χ1v) is 6.23. The van der Waals surface area contributed by atoms with Gasteiger partial charge in [-0.15, -0.1) is 0 Å². The van der Waals surface area contributed by atoms with Crippen LogP contribution in [0.4, 0.5) is 0 Å². The maximum atomic E-state index is 11.8. The summed E-state index contributed by atoms with van der Waals surface area (Å²) in [5.41, 5.74) is 0.381. The number of hydrogen-bond donors (Lipinski definition) is 1. The van der Waals surface area contributed by atoms with Crippen molar-refractivity contribution in [1.82, 2.24) is 5.32 Å². The van der Waals surface area contributed by atoms with Crippen LogP contribution in [0.2, 0.25) is 0 Å². The minimum Gasteiger partial charge on any atom is -0.381 e. The second-order valence-electron chi connectivity index (χ2n) is 5.46. The molecule has 1 saturated carbocycles. The lowest BCUT2D eigenvalue weighted by atomic mass is 9.92. The monoisotopic (exact) mass is 227 g/mol. The van der Waals surface area contributed by atoms with Gasteiger partial charge in [-0.2, -0.15) is 0 Å². The van der Waals surface area contributed by atoms with Gasteiger partial charge in [-0.1, -0.05) is 20.8 Å². The SMILES string of the molecule is CO[C@H](C)[C@H](C)C(=O)NCC1(C(C)C)CC1. The first-order valence-electron chi connectivity index (χ1n) is 6.23. The van der Waals surface area contributed by atoms with Crippen molar-refractivity contribution in [3.8, 4) is 0 Å². The van der Waals surface area contributed by atoms with Gasteiger partial charge in [-0.25, -0.2) is 0 Å². The molecule has 1 fully saturated rings. The molecule has 1 amide bonds. The minimum absolute atomic E-state index is 0.0193. The first kappa shape index (κ1) is 13.5. The molecule has 0 aromatic carbocycles. The van der Waals surface area contributed by atoms with Crippen molar-refractivity contribution in [2.45, 2.75) is 46.6 Å². The zero-order valence-electron chi connectivity index (χ0n) is 11.2. The Hall–Kier alpha value is -0.570. The van der Waals surface area contributed by atoms with Crippen molar-refractivity contribution in [1.29, 1.82) is 0 Å². The van der Waals surface area contributed by atoms with Gasteiger partial charge in [0.15, 0.2) is 0 Å². The molecule has 0 radical (unpaired) electrons. The number of rotatable bonds is 6. The van der Waals surface area contributed by atoms with E-state index in [1.165, 1.54) is 12.8 Å². The van der Waals surface area contributed by atoms with Gasteiger partial charge in [0.2, 0.25) is 5.91 Å². The molecule has 1 aliphatic carbocycles. The Morgan fingerprint density at radius 2 is 1.88 bits per heavy atom. The Labute approximate surface area is 98.9 Å². The molecule has 1 rings (SSSR count). The molecule has 0 aromatic heterocycles. The minimum atomic E-state index is -0.0760. The molecule has 16 heavy (non-hydrogen) atoms. The summed E-state index contributed by atoms with van der Waals surface area (Å²) in [5, 5.41) is 3.06. The van der Waals surface area contributed by atoms with Crippen LogP contribution < -0.4 is 5.32 Å². The van der Waals surface area contributed by atoms with E-state index in [-0.39, 0.29) is 17.9 Å². The van der Waals surface area contributed by atoms with Gasteiger partial charge >= 0.3 is 0 Å². The van der Waals surface area contributed by atoms with Crippen LogP contribution >= 0.6 is 0 Å². The second kappa shape index (κ2) is 5.17. The van der Waals surface area contributed by atoms with Crippen LogP contribution in [-0.4, -0.2) is 25.7 Å². The number of nitrogens with one attached hydrogen (secondary N) is 1. The predicted molar refractivity (Wildman–Crippen MR) is 65.1 cm³/mol. The molecule has 0 spiro atoms. The number of ether oxygens (including phenoxy) is 1.